The first-order chi connectivity index (χ1) is 19.4. The van der Waals surface area contributed by atoms with Crippen molar-refractivity contribution in [2.75, 3.05) is 36.5 Å². The minimum Gasteiger partial charge on any atom is -0.381 e. The predicted molar refractivity (Wildman–Crippen MR) is 150 cm³/mol. The lowest BCUT2D eigenvalue weighted by molar-refractivity contribution is -0.129. The van der Waals surface area contributed by atoms with E-state index in [1.54, 1.807) is 19.2 Å². The Morgan fingerprint density at radius 3 is 2.65 bits per heavy atom. The first-order valence-corrected chi connectivity index (χ1v) is 13.9. The first-order valence-electron chi connectivity index (χ1n) is 13.9. The highest BCUT2D eigenvalue weighted by Gasteiger charge is 2.33. The molecule has 206 valence electrons. The van der Waals surface area contributed by atoms with Crippen molar-refractivity contribution in [1.82, 2.24) is 19.7 Å². The van der Waals surface area contributed by atoms with Gasteiger partial charge < -0.3 is 19.9 Å². The number of nitrogens with zero attached hydrogens (tertiary/aromatic N) is 6. The molecule has 3 aliphatic rings. The Hall–Kier alpha value is -4.23. The third-order valence-electron chi connectivity index (χ3n) is 8.14. The molecule has 2 amide bonds. The molecule has 0 atom stereocenters. The molecule has 0 saturated carbocycles. The van der Waals surface area contributed by atoms with Crippen LogP contribution in [-0.2, 0) is 33.7 Å². The number of hydrogen-bond acceptors (Lipinski definition) is 7. The van der Waals surface area contributed by atoms with E-state index in [0.29, 0.717) is 24.5 Å². The second-order valence-corrected chi connectivity index (χ2v) is 10.7. The van der Waals surface area contributed by atoms with Crippen molar-refractivity contribution in [1.29, 1.82) is 5.26 Å². The van der Waals surface area contributed by atoms with Gasteiger partial charge in [-0.3, -0.25) is 14.3 Å². The van der Waals surface area contributed by atoms with Gasteiger partial charge in [0.25, 0.3) is 0 Å². The Bertz CT molecular complexity index is 1500. The van der Waals surface area contributed by atoms with Crippen LogP contribution in [-0.4, -0.2) is 57.8 Å². The van der Waals surface area contributed by atoms with Gasteiger partial charge in [0.2, 0.25) is 11.8 Å². The molecule has 2 aromatic heterocycles. The fourth-order valence-electron chi connectivity index (χ4n) is 6.14. The molecule has 0 unspecified atom stereocenters. The van der Waals surface area contributed by atoms with Gasteiger partial charge in [0.15, 0.2) is 5.82 Å². The van der Waals surface area contributed by atoms with Crippen LogP contribution in [0.1, 0.15) is 61.5 Å². The van der Waals surface area contributed by atoms with Gasteiger partial charge in [-0.05, 0) is 55.5 Å². The molecular weight excluding hydrogens is 506 g/mol. The highest BCUT2D eigenvalue weighted by Crippen LogP contribution is 2.41. The van der Waals surface area contributed by atoms with Gasteiger partial charge in [-0.2, -0.15) is 10.4 Å². The van der Waals surface area contributed by atoms with E-state index in [9.17, 15) is 14.9 Å². The summed E-state index contributed by atoms with van der Waals surface area (Å²) in [4.78, 5) is 32.2. The maximum absolute atomic E-state index is 12.3. The Kier molecular flexibility index (Phi) is 6.98. The molecule has 3 aliphatic heterocycles. The number of fused-ring (bicyclic) bond motifs is 2. The molecule has 40 heavy (non-hydrogen) atoms. The number of aryl methyl sites for hydroxylation is 1. The van der Waals surface area contributed by atoms with Crippen molar-refractivity contribution in [2.45, 2.75) is 58.5 Å². The zero-order chi connectivity index (χ0) is 27.8. The molecule has 3 aromatic rings. The zero-order valence-electron chi connectivity index (χ0n) is 22.9. The first kappa shape index (κ1) is 26.0. The fourth-order valence-corrected chi connectivity index (χ4v) is 6.14. The second-order valence-electron chi connectivity index (χ2n) is 10.7. The van der Waals surface area contributed by atoms with E-state index < -0.39 is 0 Å². The van der Waals surface area contributed by atoms with E-state index in [-0.39, 0.29) is 17.9 Å². The summed E-state index contributed by atoms with van der Waals surface area (Å²) in [5, 5.41) is 18.1. The van der Waals surface area contributed by atoms with Crippen LogP contribution in [0.5, 0.6) is 0 Å². The largest absolute Gasteiger partial charge is 0.381 e. The lowest BCUT2D eigenvalue weighted by atomic mass is 9.92. The van der Waals surface area contributed by atoms with Crippen LogP contribution in [0.2, 0.25) is 0 Å². The van der Waals surface area contributed by atoms with Crippen LogP contribution in [0.25, 0.3) is 11.1 Å². The Labute approximate surface area is 233 Å². The van der Waals surface area contributed by atoms with Crippen LogP contribution in [0.3, 0.4) is 0 Å². The van der Waals surface area contributed by atoms with Crippen molar-refractivity contribution >= 4 is 29.1 Å². The summed E-state index contributed by atoms with van der Waals surface area (Å²) in [5.74, 6) is 1.26. The number of rotatable bonds is 4. The Balaban J connectivity index is 1.41. The molecule has 0 radical (unpaired) electrons. The quantitative estimate of drug-likeness (QED) is 0.530. The van der Waals surface area contributed by atoms with Gasteiger partial charge >= 0.3 is 0 Å². The van der Waals surface area contributed by atoms with Crippen molar-refractivity contribution in [3.8, 4) is 17.2 Å². The summed E-state index contributed by atoms with van der Waals surface area (Å²) >= 11 is 0. The molecule has 0 spiro atoms. The molecule has 1 N–H and O–H groups in total. The molecule has 10 heteroatoms. The number of nitrogens with one attached hydrogen (secondary N) is 1. The highest BCUT2D eigenvalue weighted by atomic mass is 16.5. The number of aromatic nitrogens is 3. The maximum atomic E-state index is 12.3. The zero-order valence-corrected chi connectivity index (χ0v) is 22.9. The smallest absolute Gasteiger partial charge is 0.222 e. The SMILES string of the molecule is CC(=O)Nc1ccc(-c2cc3c(cc2C#N)N(c2nn(C4CCOCC4)c4c2CN(C(C)=O)CC4)CCC3)cn1. The van der Waals surface area contributed by atoms with Gasteiger partial charge in [-0.15, -0.1) is 0 Å². The van der Waals surface area contributed by atoms with Crippen LogP contribution < -0.4 is 10.2 Å². The van der Waals surface area contributed by atoms with Crippen molar-refractivity contribution in [2.24, 2.45) is 0 Å². The standard InChI is InChI=1S/C30H33N7O3/c1-19(38)33-29-6-5-22(17-32-29)25-14-21-4-3-10-36(28(21)15-23(25)16-31)30-26-18-35(20(2)39)11-7-27(26)37(34-30)24-8-12-40-13-9-24/h5-6,14-15,17,24H,3-4,7-13,18H2,1-2H3,(H,32,33,38). The normalized spacial score (nSPS) is 17.1. The monoisotopic (exact) mass is 539 g/mol. The number of pyridine rings is 1. The van der Waals surface area contributed by atoms with E-state index in [1.165, 1.54) is 12.6 Å². The molecule has 5 heterocycles. The molecule has 10 nitrogen and oxygen atoms in total. The third-order valence-corrected chi connectivity index (χ3v) is 8.14. The number of anilines is 3. The van der Waals surface area contributed by atoms with E-state index in [0.717, 1.165) is 85.6 Å². The van der Waals surface area contributed by atoms with E-state index in [1.807, 2.05) is 17.0 Å². The molecular formula is C30H33N7O3. The number of nitriles is 1. The lowest BCUT2D eigenvalue weighted by Gasteiger charge is -2.33. The number of carbonyl (C=O) groups is 2. The molecule has 1 saturated heterocycles. The average molecular weight is 540 g/mol. The topological polar surface area (TPSA) is 116 Å². The summed E-state index contributed by atoms with van der Waals surface area (Å²) < 4.78 is 7.83. The van der Waals surface area contributed by atoms with Crippen molar-refractivity contribution < 1.29 is 14.3 Å². The highest BCUT2D eigenvalue weighted by molar-refractivity contribution is 5.88. The molecule has 6 rings (SSSR count). The number of ether oxygens (including phenoxy) is 1. The fraction of sp³-hybridized carbons (Fsp3) is 0.433. The molecule has 1 fully saturated rings. The summed E-state index contributed by atoms with van der Waals surface area (Å²) in [6.07, 6.45) is 6.17. The van der Waals surface area contributed by atoms with Gasteiger partial charge in [-0.25, -0.2) is 4.98 Å². The van der Waals surface area contributed by atoms with Crippen molar-refractivity contribution in [3.63, 3.8) is 0 Å². The van der Waals surface area contributed by atoms with Gasteiger partial charge in [-0.1, -0.05) is 0 Å². The molecule has 0 aliphatic carbocycles. The Morgan fingerprint density at radius 1 is 1.12 bits per heavy atom. The second kappa shape index (κ2) is 10.7. The summed E-state index contributed by atoms with van der Waals surface area (Å²) in [6, 6.07) is 10.4. The summed E-state index contributed by atoms with van der Waals surface area (Å²) in [7, 11) is 0. The van der Waals surface area contributed by atoms with Gasteiger partial charge in [0, 0.05) is 80.8 Å². The maximum Gasteiger partial charge on any atom is 0.222 e. The van der Waals surface area contributed by atoms with Crippen LogP contribution in [0, 0.1) is 11.3 Å². The van der Waals surface area contributed by atoms with Crippen LogP contribution >= 0.6 is 0 Å². The Morgan fingerprint density at radius 2 is 1.95 bits per heavy atom. The minimum atomic E-state index is -0.181. The molecule has 0 bridgehead atoms. The van der Waals surface area contributed by atoms with Crippen LogP contribution in [0.15, 0.2) is 30.5 Å². The van der Waals surface area contributed by atoms with Crippen LogP contribution in [0.4, 0.5) is 17.3 Å². The minimum absolute atomic E-state index is 0.0731. The van der Waals surface area contributed by atoms with Gasteiger partial charge in [0.1, 0.15) is 5.82 Å². The van der Waals surface area contributed by atoms with Crippen molar-refractivity contribution in [3.05, 3.63) is 52.8 Å². The summed E-state index contributed by atoms with van der Waals surface area (Å²) in [5.41, 5.74) is 6.68. The molecule has 1 aromatic carbocycles. The third kappa shape index (κ3) is 4.82. The number of hydrogen-bond donors (Lipinski definition) is 1. The average Bonchev–Trinajstić information content (AvgIpc) is 3.35. The van der Waals surface area contributed by atoms with Gasteiger partial charge in [0.05, 0.1) is 24.2 Å². The number of amides is 2. The van der Waals surface area contributed by atoms with E-state index >= 15 is 0 Å². The van der Waals surface area contributed by atoms with E-state index in [2.05, 4.69) is 32.0 Å². The lowest BCUT2D eigenvalue weighted by Crippen LogP contribution is -2.36. The number of benzene rings is 1. The van der Waals surface area contributed by atoms with E-state index in [4.69, 9.17) is 9.84 Å². The summed E-state index contributed by atoms with van der Waals surface area (Å²) in [6.45, 7) is 6.57. The predicted octanol–water partition coefficient (Wildman–Crippen LogP) is 4.12. The number of carbonyl (C=O) groups excluding carboxylic acids is 2.